The van der Waals surface area contributed by atoms with Gasteiger partial charge in [-0.2, -0.15) is 0 Å². The Kier molecular flexibility index (Phi) is 3.69. The third-order valence-electron chi connectivity index (χ3n) is 2.96. The summed E-state index contributed by atoms with van der Waals surface area (Å²) in [5.74, 6) is 2.23. The zero-order chi connectivity index (χ0) is 14.0. The molecule has 2 N–H and O–H groups in total. The van der Waals surface area contributed by atoms with E-state index >= 15 is 0 Å². The lowest BCUT2D eigenvalue weighted by molar-refractivity contribution is 0.0929. The molecule has 0 aliphatic carbocycles. The zero-order valence-electron chi connectivity index (χ0n) is 11.6. The van der Waals surface area contributed by atoms with Gasteiger partial charge in [-0.1, -0.05) is 6.92 Å². The van der Waals surface area contributed by atoms with E-state index in [9.17, 15) is 4.79 Å². The topological polar surface area (TPSA) is 83.8 Å². The molecule has 0 aliphatic rings. The molecule has 6 heteroatoms. The second kappa shape index (κ2) is 5.26. The number of aromatic amines is 1. The normalized spacial score (nSPS) is 12.4. The lowest BCUT2D eigenvalue weighted by Gasteiger charge is -2.11. The standard InChI is InChI=1S/C13H18N4O2/c1-5-11-15-12(17-16-11)13(18)14-8(3)10-6-7(2)19-9(10)4/h6,8H,5H2,1-4H3,(H,14,18)(H,15,16,17). The molecule has 102 valence electrons. The van der Waals surface area contributed by atoms with E-state index in [0.29, 0.717) is 5.82 Å². The maximum Gasteiger partial charge on any atom is 0.291 e. The Morgan fingerprint density at radius 2 is 2.26 bits per heavy atom. The molecule has 0 saturated heterocycles. The summed E-state index contributed by atoms with van der Waals surface area (Å²) in [4.78, 5) is 16.1. The van der Waals surface area contributed by atoms with E-state index in [1.807, 2.05) is 33.8 Å². The average Bonchev–Trinajstić information content (AvgIpc) is 2.95. The highest BCUT2D eigenvalue weighted by Crippen LogP contribution is 2.21. The number of aromatic nitrogens is 3. The predicted molar refractivity (Wildman–Crippen MR) is 69.8 cm³/mol. The number of amides is 1. The van der Waals surface area contributed by atoms with Crippen molar-refractivity contribution in [3.63, 3.8) is 0 Å². The van der Waals surface area contributed by atoms with Crippen LogP contribution in [0.5, 0.6) is 0 Å². The van der Waals surface area contributed by atoms with Crippen LogP contribution in [0.25, 0.3) is 0 Å². The van der Waals surface area contributed by atoms with Gasteiger partial charge in [0.25, 0.3) is 5.91 Å². The van der Waals surface area contributed by atoms with Gasteiger partial charge >= 0.3 is 0 Å². The van der Waals surface area contributed by atoms with Crippen molar-refractivity contribution in [2.24, 2.45) is 0 Å². The first-order chi connectivity index (χ1) is 9.01. The molecule has 2 aromatic rings. The Hall–Kier alpha value is -2.11. The van der Waals surface area contributed by atoms with Crippen LogP contribution in [0.2, 0.25) is 0 Å². The van der Waals surface area contributed by atoms with E-state index in [-0.39, 0.29) is 17.8 Å². The Bertz CT molecular complexity index is 585. The quantitative estimate of drug-likeness (QED) is 0.883. The maximum atomic E-state index is 12.0. The molecule has 19 heavy (non-hydrogen) atoms. The van der Waals surface area contributed by atoms with Crippen molar-refractivity contribution >= 4 is 5.91 Å². The van der Waals surface area contributed by atoms with E-state index in [4.69, 9.17) is 4.42 Å². The number of nitrogens with zero attached hydrogens (tertiary/aromatic N) is 2. The van der Waals surface area contributed by atoms with Crippen LogP contribution in [0.3, 0.4) is 0 Å². The number of carbonyl (C=O) groups is 1. The maximum absolute atomic E-state index is 12.0. The third-order valence-corrected chi connectivity index (χ3v) is 2.96. The molecule has 0 aromatic carbocycles. The van der Waals surface area contributed by atoms with Crippen molar-refractivity contribution in [3.05, 3.63) is 34.8 Å². The number of aryl methyl sites for hydroxylation is 3. The molecule has 0 fully saturated rings. The van der Waals surface area contributed by atoms with Crippen molar-refractivity contribution < 1.29 is 9.21 Å². The molecule has 2 aromatic heterocycles. The summed E-state index contributed by atoms with van der Waals surface area (Å²) in [6.45, 7) is 7.62. The molecular weight excluding hydrogens is 244 g/mol. The first kappa shape index (κ1) is 13.3. The van der Waals surface area contributed by atoms with E-state index < -0.39 is 0 Å². The molecule has 2 rings (SSSR count). The van der Waals surface area contributed by atoms with Gasteiger partial charge in [0.15, 0.2) is 0 Å². The number of carbonyl (C=O) groups excluding carboxylic acids is 1. The minimum Gasteiger partial charge on any atom is -0.466 e. The first-order valence-electron chi connectivity index (χ1n) is 6.30. The first-order valence-corrected chi connectivity index (χ1v) is 6.30. The Morgan fingerprint density at radius 1 is 1.53 bits per heavy atom. The minimum absolute atomic E-state index is 0.145. The van der Waals surface area contributed by atoms with Crippen LogP contribution in [0.15, 0.2) is 10.5 Å². The number of nitrogens with one attached hydrogen (secondary N) is 2. The lowest BCUT2D eigenvalue weighted by Crippen LogP contribution is -2.27. The van der Waals surface area contributed by atoms with Gasteiger partial charge in [0.2, 0.25) is 5.82 Å². The average molecular weight is 262 g/mol. The summed E-state index contributed by atoms with van der Waals surface area (Å²) in [7, 11) is 0. The van der Waals surface area contributed by atoms with Crippen LogP contribution in [0, 0.1) is 13.8 Å². The van der Waals surface area contributed by atoms with Crippen LogP contribution in [0.1, 0.15) is 53.4 Å². The van der Waals surface area contributed by atoms with Gasteiger partial charge in [-0.25, -0.2) is 4.98 Å². The van der Waals surface area contributed by atoms with Gasteiger partial charge < -0.3 is 9.73 Å². The minimum atomic E-state index is -0.290. The molecule has 6 nitrogen and oxygen atoms in total. The number of rotatable bonds is 4. The molecule has 0 spiro atoms. The van der Waals surface area contributed by atoms with Gasteiger partial charge in [-0.15, -0.1) is 5.10 Å². The van der Waals surface area contributed by atoms with Crippen molar-refractivity contribution in [1.29, 1.82) is 0 Å². The van der Waals surface area contributed by atoms with Gasteiger partial charge in [0, 0.05) is 12.0 Å². The van der Waals surface area contributed by atoms with Gasteiger partial charge in [0.1, 0.15) is 17.3 Å². The van der Waals surface area contributed by atoms with E-state index in [1.165, 1.54) is 0 Å². The summed E-state index contributed by atoms with van der Waals surface area (Å²) in [5.41, 5.74) is 0.970. The summed E-state index contributed by atoms with van der Waals surface area (Å²) in [6, 6.07) is 1.78. The summed E-state index contributed by atoms with van der Waals surface area (Å²) < 4.78 is 5.46. The van der Waals surface area contributed by atoms with E-state index in [0.717, 1.165) is 23.5 Å². The van der Waals surface area contributed by atoms with Gasteiger partial charge in [-0.3, -0.25) is 9.89 Å². The fraction of sp³-hybridized carbons (Fsp3) is 0.462. The predicted octanol–water partition coefficient (Wildman–Crippen LogP) is 2.07. The molecule has 2 heterocycles. The molecule has 0 radical (unpaired) electrons. The number of furan rings is 1. The van der Waals surface area contributed by atoms with Crippen molar-refractivity contribution in [2.45, 2.75) is 40.2 Å². The highest BCUT2D eigenvalue weighted by Gasteiger charge is 2.18. The Labute approximate surface area is 111 Å². The molecule has 0 saturated carbocycles. The van der Waals surface area contributed by atoms with E-state index in [2.05, 4.69) is 20.5 Å². The summed E-state index contributed by atoms with van der Waals surface area (Å²) in [6.07, 6.45) is 0.718. The van der Waals surface area contributed by atoms with Crippen LogP contribution in [0.4, 0.5) is 0 Å². The van der Waals surface area contributed by atoms with Crippen LogP contribution in [-0.2, 0) is 6.42 Å². The monoisotopic (exact) mass is 262 g/mol. The van der Waals surface area contributed by atoms with Gasteiger partial charge in [-0.05, 0) is 26.8 Å². The lowest BCUT2D eigenvalue weighted by atomic mass is 10.1. The van der Waals surface area contributed by atoms with Gasteiger partial charge in [0.05, 0.1) is 6.04 Å². The fourth-order valence-electron chi connectivity index (χ4n) is 1.97. The fourth-order valence-corrected chi connectivity index (χ4v) is 1.97. The summed E-state index contributed by atoms with van der Waals surface area (Å²) >= 11 is 0. The van der Waals surface area contributed by atoms with Crippen molar-refractivity contribution in [3.8, 4) is 0 Å². The smallest absolute Gasteiger partial charge is 0.291 e. The van der Waals surface area contributed by atoms with E-state index in [1.54, 1.807) is 0 Å². The van der Waals surface area contributed by atoms with Crippen molar-refractivity contribution in [2.75, 3.05) is 0 Å². The Balaban J connectivity index is 2.08. The summed E-state index contributed by atoms with van der Waals surface area (Å²) in [5, 5.41) is 9.47. The SMILES string of the molecule is CCc1nc(C(=O)NC(C)c2cc(C)oc2C)n[nH]1. The highest BCUT2D eigenvalue weighted by molar-refractivity contribution is 5.90. The highest BCUT2D eigenvalue weighted by atomic mass is 16.3. The Morgan fingerprint density at radius 3 is 2.79 bits per heavy atom. The largest absolute Gasteiger partial charge is 0.466 e. The molecule has 0 bridgehead atoms. The molecule has 1 amide bonds. The van der Waals surface area contributed by atoms with Crippen LogP contribution < -0.4 is 5.32 Å². The molecular formula is C13H18N4O2. The molecule has 1 unspecified atom stereocenters. The molecule has 1 atom stereocenters. The zero-order valence-corrected chi connectivity index (χ0v) is 11.6. The molecule has 0 aliphatic heterocycles. The van der Waals surface area contributed by atoms with Crippen molar-refractivity contribution in [1.82, 2.24) is 20.5 Å². The van der Waals surface area contributed by atoms with Crippen LogP contribution >= 0.6 is 0 Å². The number of H-pyrrole nitrogens is 1. The number of hydrogen-bond acceptors (Lipinski definition) is 4. The third kappa shape index (κ3) is 2.83. The second-order valence-corrected chi connectivity index (χ2v) is 4.52. The second-order valence-electron chi connectivity index (χ2n) is 4.52. The number of hydrogen-bond donors (Lipinski definition) is 2. The van der Waals surface area contributed by atoms with Crippen LogP contribution in [-0.4, -0.2) is 21.1 Å².